The van der Waals surface area contributed by atoms with Crippen molar-refractivity contribution in [2.45, 2.75) is 141 Å². The number of aliphatic hydroxyl groups excluding tert-OH is 2. The minimum absolute atomic E-state index is 0.0532. The molecule has 14 nitrogen and oxygen atoms in total. The van der Waals surface area contributed by atoms with Gasteiger partial charge in [0.1, 0.15) is 24.2 Å². The Labute approximate surface area is 286 Å². The van der Waals surface area contributed by atoms with Gasteiger partial charge in [-0.05, 0) is 57.9 Å². The Bertz CT molecular complexity index is 1050. The Kier molecular flexibility index (Phi) is 17.8. The Morgan fingerprint density at radius 3 is 2.10 bits per heavy atom. The molecule has 276 valence electrons. The van der Waals surface area contributed by atoms with E-state index >= 15 is 0 Å². The first-order valence-corrected chi connectivity index (χ1v) is 18.0. The second-order valence-corrected chi connectivity index (χ2v) is 14.1. The molecule has 7 atom stereocenters. The molecule has 1 aliphatic heterocycles. The van der Waals surface area contributed by atoms with E-state index in [-0.39, 0.29) is 30.8 Å². The topological polar surface area (TPSA) is 206 Å². The van der Waals surface area contributed by atoms with Crippen LogP contribution < -0.4 is 27.0 Å². The molecule has 0 aromatic rings. The third-order valence-corrected chi connectivity index (χ3v) is 9.67. The van der Waals surface area contributed by atoms with E-state index < -0.39 is 72.6 Å². The standard InChI is InChI=1S/C34H63N7O7/c1-7-8-9-13-16-41-19-25(20-42)36-32(46)28(23(5)43)38-30(44)26(18-35)37-33(47)29(24-14-11-10-12-15-24)39-31(45)27(17-21(2)3)40(6)34(48)22(41)4/h21-29,42-43H,7-20,35H2,1-6H3,(H,36,46)(H,37,47)(H,38,44)(H,39,45)/t22-,23-,25-,26-,27-,28-,29-/m0/s1. The number of nitrogens with one attached hydrogen (secondary N) is 4. The van der Waals surface area contributed by atoms with Crippen molar-refractivity contribution in [3.8, 4) is 0 Å². The summed E-state index contributed by atoms with van der Waals surface area (Å²) < 4.78 is 0. The largest absolute Gasteiger partial charge is 0.394 e. The summed E-state index contributed by atoms with van der Waals surface area (Å²) in [6, 6.07) is -6.04. The van der Waals surface area contributed by atoms with E-state index in [0.717, 1.165) is 44.9 Å². The molecule has 2 aliphatic rings. The molecule has 0 radical (unpaired) electrons. The van der Waals surface area contributed by atoms with Gasteiger partial charge in [0, 0.05) is 20.1 Å². The van der Waals surface area contributed by atoms with Crippen LogP contribution in [0, 0.1) is 11.8 Å². The van der Waals surface area contributed by atoms with Gasteiger partial charge < -0.3 is 42.1 Å². The molecule has 0 aromatic heterocycles. The highest BCUT2D eigenvalue weighted by molar-refractivity contribution is 5.96. The van der Waals surface area contributed by atoms with Crippen LogP contribution in [0.5, 0.6) is 0 Å². The number of nitrogens with two attached hydrogens (primary N) is 1. The molecule has 0 bridgehead atoms. The fraction of sp³-hybridized carbons (Fsp3) is 0.853. The van der Waals surface area contributed by atoms with Crippen LogP contribution in [0.1, 0.15) is 98.8 Å². The second-order valence-electron chi connectivity index (χ2n) is 14.1. The van der Waals surface area contributed by atoms with Crippen molar-refractivity contribution in [2.75, 3.05) is 33.3 Å². The predicted molar refractivity (Wildman–Crippen MR) is 183 cm³/mol. The van der Waals surface area contributed by atoms with E-state index in [0.29, 0.717) is 25.8 Å². The lowest BCUT2D eigenvalue weighted by Gasteiger charge is -2.38. The predicted octanol–water partition coefficient (Wildman–Crippen LogP) is -0.00480. The SMILES string of the molecule is CCCCCCN1C[C@@H](CO)NC(=O)[C@H]([C@H](C)O)NC(=O)[C@H](CN)NC(=O)[C@H](C2CCCCC2)NC(=O)[C@H](CC(C)C)N(C)C(=O)[C@@H]1C. The summed E-state index contributed by atoms with van der Waals surface area (Å²) in [5, 5.41) is 31.6. The molecule has 2 fully saturated rings. The molecular weight excluding hydrogens is 618 g/mol. The molecule has 1 saturated carbocycles. The van der Waals surface area contributed by atoms with Gasteiger partial charge in [0.15, 0.2) is 0 Å². The lowest BCUT2D eigenvalue weighted by Crippen LogP contribution is -2.64. The van der Waals surface area contributed by atoms with E-state index in [1.807, 2.05) is 18.7 Å². The summed E-state index contributed by atoms with van der Waals surface area (Å²) in [5.41, 5.74) is 5.92. The number of carbonyl (C=O) groups excluding carboxylic acids is 5. The summed E-state index contributed by atoms with van der Waals surface area (Å²) >= 11 is 0. The molecule has 0 aromatic carbocycles. The maximum atomic E-state index is 14.1. The fourth-order valence-corrected chi connectivity index (χ4v) is 6.67. The van der Waals surface area contributed by atoms with Gasteiger partial charge >= 0.3 is 0 Å². The van der Waals surface area contributed by atoms with Crippen LogP contribution in [0.2, 0.25) is 0 Å². The van der Waals surface area contributed by atoms with Gasteiger partial charge in [-0.1, -0.05) is 59.3 Å². The zero-order chi connectivity index (χ0) is 36.0. The first-order valence-electron chi connectivity index (χ1n) is 18.0. The molecule has 1 aliphatic carbocycles. The third kappa shape index (κ3) is 12.3. The lowest BCUT2D eigenvalue weighted by atomic mass is 9.83. The van der Waals surface area contributed by atoms with Crippen molar-refractivity contribution in [1.82, 2.24) is 31.1 Å². The molecule has 2 rings (SSSR count). The number of hydrogen-bond acceptors (Lipinski definition) is 9. The van der Waals surface area contributed by atoms with Crippen molar-refractivity contribution < 1.29 is 34.2 Å². The Balaban J connectivity index is 2.60. The van der Waals surface area contributed by atoms with Crippen LogP contribution in [0.3, 0.4) is 0 Å². The van der Waals surface area contributed by atoms with E-state index in [4.69, 9.17) is 5.73 Å². The highest BCUT2D eigenvalue weighted by Gasteiger charge is 2.39. The molecule has 14 heteroatoms. The molecule has 48 heavy (non-hydrogen) atoms. The third-order valence-electron chi connectivity index (χ3n) is 9.67. The van der Waals surface area contributed by atoms with Crippen molar-refractivity contribution in [1.29, 1.82) is 0 Å². The minimum Gasteiger partial charge on any atom is -0.394 e. The maximum Gasteiger partial charge on any atom is 0.245 e. The monoisotopic (exact) mass is 681 g/mol. The molecular formula is C34H63N7O7. The van der Waals surface area contributed by atoms with Crippen molar-refractivity contribution in [3.05, 3.63) is 0 Å². The van der Waals surface area contributed by atoms with Gasteiger partial charge in [0.05, 0.1) is 24.8 Å². The zero-order valence-corrected chi connectivity index (χ0v) is 30.0. The first kappa shape index (κ1) is 41.4. The van der Waals surface area contributed by atoms with Gasteiger partial charge in [-0.15, -0.1) is 0 Å². The van der Waals surface area contributed by atoms with Gasteiger partial charge in [-0.2, -0.15) is 0 Å². The normalized spacial score (nSPS) is 29.0. The van der Waals surface area contributed by atoms with Crippen LogP contribution in [0.4, 0.5) is 0 Å². The van der Waals surface area contributed by atoms with Crippen LogP contribution in [0.25, 0.3) is 0 Å². The number of rotatable bonds is 11. The zero-order valence-electron chi connectivity index (χ0n) is 30.0. The van der Waals surface area contributed by atoms with Gasteiger partial charge in [-0.3, -0.25) is 28.9 Å². The fourth-order valence-electron chi connectivity index (χ4n) is 6.67. The quantitative estimate of drug-likeness (QED) is 0.146. The van der Waals surface area contributed by atoms with Crippen molar-refractivity contribution in [2.24, 2.45) is 17.6 Å². The summed E-state index contributed by atoms with van der Waals surface area (Å²) in [6.45, 7) is 8.99. The van der Waals surface area contributed by atoms with Crippen LogP contribution in [-0.4, -0.2) is 125 Å². The van der Waals surface area contributed by atoms with Gasteiger partial charge in [-0.25, -0.2) is 0 Å². The highest BCUT2D eigenvalue weighted by atomic mass is 16.3. The number of hydrogen-bond donors (Lipinski definition) is 7. The first-order chi connectivity index (χ1) is 22.7. The smallest absolute Gasteiger partial charge is 0.245 e. The Hall–Kier alpha value is -2.81. The number of amides is 5. The van der Waals surface area contributed by atoms with E-state index in [1.165, 1.54) is 11.8 Å². The van der Waals surface area contributed by atoms with Crippen LogP contribution in [0.15, 0.2) is 0 Å². The maximum absolute atomic E-state index is 14.1. The van der Waals surface area contributed by atoms with Crippen LogP contribution in [-0.2, 0) is 24.0 Å². The van der Waals surface area contributed by atoms with Gasteiger partial charge in [0.2, 0.25) is 29.5 Å². The number of unbranched alkanes of at least 4 members (excludes halogenated alkanes) is 3. The van der Waals surface area contributed by atoms with Gasteiger partial charge in [0.25, 0.3) is 0 Å². The summed E-state index contributed by atoms with van der Waals surface area (Å²) in [7, 11) is 1.60. The molecule has 5 amide bonds. The molecule has 1 saturated heterocycles. The van der Waals surface area contributed by atoms with Crippen molar-refractivity contribution >= 4 is 29.5 Å². The van der Waals surface area contributed by atoms with Crippen molar-refractivity contribution in [3.63, 3.8) is 0 Å². The molecule has 0 spiro atoms. The molecule has 0 unspecified atom stereocenters. The number of carbonyl (C=O) groups is 5. The van der Waals surface area contributed by atoms with E-state index in [9.17, 15) is 34.2 Å². The second kappa shape index (κ2) is 20.6. The summed E-state index contributed by atoms with van der Waals surface area (Å²) in [4.78, 5) is 72.2. The number of aliphatic hydroxyl groups is 2. The Morgan fingerprint density at radius 1 is 0.875 bits per heavy atom. The van der Waals surface area contributed by atoms with E-state index in [2.05, 4.69) is 28.2 Å². The number of likely N-dealkylation sites (N-methyl/N-ethyl adjacent to an activating group) is 1. The number of nitrogens with zero attached hydrogens (tertiary/aromatic N) is 2. The molecule has 8 N–H and O–H groups in total. The lowest BCUT2D eigenvalue weighted by molar-refractivity contribution is -0.144. The average Bonchev–Trinajstić information content (AvgIpc) is 3.06. The van der Waals surface area contributed by atoms with E-state index in [1.54, 1.807) is 14.0 Å². The Morgan fingerprint density at radius 2 is 1.54 bits per heavy atom. The highest BCUT2D eigenvalue weighted by Crippen LogP contribution is 2.27. The summed E-state index contributed by atoms with van der Waals surface area (Å²) in [6.07, 6.45) is 7.02. The molecule has 1 heterocycles. The summed E-state index contributed by atoms with van der Waals surface area (Å²) in [5.74, 6) is -2.95. The minimum atomic E-state index is -1.41. The average molecular weight is 682 g/mol. The van der Waals surface area contributed by atoms with Crippen LogP contribution >= 0.6 is 0 Å².